The molecule has 4 nitrogen and oxygen atoms in total. The molecule has 1 aromatic carbocycles. The second kappa shape index (κ2) is 5.95. The Morgan fingerprint density at radius 1 is 1.42 bits per heavy atom. The first-order valence-electron chi connectivity index (χ1n) is 6.99. The van der Waals surface area contributed by atoms with E-state index in [1.54, 1.807) is 12.1 Å². The first kappa shape index (κ1) is 13.7. The lowest BCUT2D eigenvalue weighted by Gasteiger charge is -2.23. The molecule has 1 aliphatic rings. The van der Waals surface area contributed by atoms with E-state index < -0.39 is 5.97 Å². The standard InChI is InChI=1S/C15H22N2O2/c1-2-11-4-3-8-17(9-7-11)12-5-6-14(16)13(10-12)15(18)19/h5-6,10-11H,2-4,7-9,16H2,1H3,(H,18,19). The summed E-state index contributed by atoms with van der Waals surface area (Å²) in [7, 11) is 0. The maximum absolute atomic E-state index is 11.1. The first-order valence-corrected chi connectivity index (χ1v) is 6.99. The van der Waals surface area contributed by atoms with Gasteiger partial charge in [-0.1, -0.05) is 13.3 Å². The molecule has 1 heterocycles. The Hall–Kier alpha value is -1.71. The van der Waals surface area contributed by atoms with Gasteiger partial charge in [0.2, 0.25) is 0 Å². The van der Waals surface area contributed by atoms with Gasteiger partial charge in [-0.25, -0.2) is 4.79 Å². The number of carbonyl (C=O) groups is 1. The number of benzene rings is 1. The average Bonchev–Trinajstić information content (AvgIpc) is 2.64. The molecule has 0 saturated carbocycles. The lowest BCUT2D eigenvalue weighted by atomic mass is 9.98. The minimum absolute atomic E-state index is 0.203. The molecule has 1 saturated heterocycles. The number of carboxylic acids is 1. The molecule has 0 amide bonds. The van der Waals surface area contributed by atoms with E-state index in [-0.39, 0.29) is 5.56 Å². The lowest BCUT2D eigenvalue weighted by Crippen LogP contribution is -2.24. The summed E-state index contributed by atoms with van der Waals surface area (Å²) in [5.74, 6) is -0.154. The molecular weight excluding hydrogens is 240 g/mol. The summed E-state index contributed by atoms with van der Waals surface area (Å²) in [4.78, 5) is 13.4. The third kappa shape index (κ3) is 3.19. The van der Waals surface area contributed by atoms with Crippen molar-refractivity contribution in [2.45, 2.75) is 32.6 Å². The van der Waals surface area contributed by atoms with E-state index in [2.05, 4.69) is 11.8 Å². The summed E-state index contributed by atoms with van der Waals surface area (Å²) in [6.07, 6.45) is 4.86. The Morgan fingerprint density at radius 2 is 2.21 bits per heavy atom. The fourth-order valence-electron chi connectivity index (χ4n) is 2.76. The molecule has 1 atom stereocenters. The van der Waals surface area contributed by atoms with Crippen LogP contribution in [0.5, 0.6) is 0 Å². The Kier molecular flexibility index (Phi) is 4.30. The van der Waals surface area contributed by atoms with Gasteiger partial charge in [0.25, 0.3) is 0 Å². The van der Waals surface area contributed by atoms with Gasteiger partial charge >= 0.3 is 5.97 Å². The SMILES string of the molecule is CCC1CCCN(c2ccc(N)c(C(=O)O)c2)CC1. The van der Waals surface area contributed by atoms with Crippen molar-refractivity contribution < 1.29 is 9.90 Å². The van der Waals surface area contributed by atoms with Gasteiger partial charge in [-0.05, 0) is 43.4 Å². The molecule has 1 aliphatic heterocycles. The number of aromatic carboxylic acids is 1. The van der Waals surface area contributed by atoms with Crippen molar-refractivity contribution in [3.05, 3.63) is 23.8 Å². The van der Waals surface area contributed by atoms with Gasteiger partial charge in [-0.3, -0.25) is 0 Å². The number of nitrogens with two attached hydrogens (primary N) is 1. The maximum Gasteiger partial charge on any atom is 0.337 e. The summed E-state index contributed by atoms with van der Waals surface area (Å²) in [6, 6.07) is 5.32. The van der Waals surface area contributed by atoms with Crippen molar-refractivity contribution in [2.24, 2.45) is 5.92 Å². The van der Waals surface area contributed by atoms with Crippen LogP contribution in [0, 0.1) is 5.92 Å². The predicted octanol–water partition coefficient (Wildman–Crippen LogP) is 2.98. The van der Waals surface area contributed by atoms with Gasteiger partial charge in [0, 0.05) is 24.5 Å². The van der Waals surface area contributed by atoms with Gasteiger partial charge < -0.3 is 15.7 Å². The minimum atomic E-state index is -0.958. The largest absolute Gasteiger partial charge is 0.478 e. The van der Waals surface area contributed by atoms with Crippen molar-refractivity contribution in [2.75, 3.05) is 23.7 Å². The Bertz CT molecular complexity index is 459. The van der Waals surface area contributed by atoms with Crippen LogP contribution in [-0.4, -0.2) is 24.2 Å². The fourth-order valence-corrected chi connectivity index (χ4v) is 2.76. The van der Waals surface area contributed by atoms with Crippen LogP contribution in [0.1, 0.15) is 43.0 Å². The highest BCUT2D eigenvalue weighted by atomic mass is 16.4. The summed E-state index contributed by atoms with van der Waals surface area (Å²) < 4.78 is 0. The van der Waals surface area contributed by atoms with Crippen molar-refractivity contribution in [3.8, 4) is 0 Å². The smallest absolute Gasteiger partial charge is 0.337 e. The third-order valence-electron chi connectivity index (χ3n) is 4.06. The van der Waals surface area contributed by atoms with Crippen LogP contribution in [0.2, 0.25) is 0 Å². The molecule has 0 aromatic heterocycles. The maximum atomic E-state index is 11.1. The summed E-state index contributed by atoms with van der Waals surface area (Å²) >= 11 is 0. The summed E-state index contributed by atoms with van der Waals surface area (Å²) in [5, 5.41) is 9.13. The number of nitrogen functional groups attached to an aromatic ring is 1. The number of carboxylic acid groups (broad SMARTS) is 1. The van der Waals surface area contributed by atoms with Gasteiger partial charge in [0.05, 0.1) is 5.56 Å². The van der Waals surface area contributed by atoms with Crippen molar-refractivity contribution in [3.63, 3.8) is 0 Å². The van der Waals surface area contributed by atoms with Gasteiger partial charge in [-0.2, -0.15) is 0 Å². The van der Waals surface area contributed by atoms with Crippen LogP contribution in [0.15, 0.2) is 18.2 Å². The molecule has 0 radical (unpaired) electrons. The highest BCUT2D eigenvalue weighted by Crippen LogP contribution is 2.26. The van der Waals surface area contributed by atoms with E-state index in [0.29, 0.717) is 5.69 Å². The molecule has 2 rings (SSSR count). The van der Waals surface area contributed by atoms with Crippen LogP contribution >= 0.6 is 0 Å². The summed E-state index contributed by atoms with van der Waals surface area (Å²) in [6.45, 7) is 4.24. The van der Waals surface area contributed by atoms with E-state index in [1.807, 2.05) is 6.07 Å². The second-order valence-electron chi connectivity index (χ2n) is 5.27. The molecule has 0 bridgehead atoms. The Balaban J connectivity index is 2.17. The Morgan fingerprint density at radius 3 is 2.89 bits per heavy atom. The van der Waals surface area contributed by atoms with Gasteiger partial charge in [0.1, 0.15) is 0 Å². The zero-order valence-corrected chi connectivity index (χ0v) is 11.4. The molecule has 104 valence electrons. The monoisotopic (exact) mass is 262 g/mol. The van der Waals surface area contributed by atoms with Crippen molar-refractivity contribution >= 4 is 17.3 Å². The van der Waals surface area contributed by atoms with E-state index in [9.17, 15) is 4.79 Å². The molecular formula is C15H22N2O2. The normalized spacial score (nSPS) is 20.1. The third-order valence-corrected chi connectivity index (χ3v) is 4.06. The molecule has 0 aliphatic carbocycles. The van der Waals surface area contributed by atoms with E-state index in [4.69, 9.17) is 10.8 Å². The van der Waals surface area contributed by atoms with E-state index >= 15 is 0 Å². The van der Waals surface area contributed by atoms with Crippen LogP contribution in [0.4, 0.5) is 11.4 Å². The number of rotatable bonds is 3. The highest BCUT2D eigenvalue weighted by Gasteiger charge is 2.17. The minimum Gasteiger partial charge on any atom is -0.478 e. The van der Waals surface area contributed by atoms with Crippen molar-refractivity contribution in [1.29, 1.82) is 0 Å². The number of hydrogen-bond donors (Lipinski definition) is 2. The van der Waals surface area contributed by atoms with Gasteiger partial charge in [-0.15, -0.1) is 0 Å². The summed E-state index contributed by atoms with van der Waals surface area (Å²) in [5.41, 5.74) is 7.20. The van der Waals surface area contributed by atoms with Crippen LogP contribution in [0.25, 0.3) is 0 Å². The molecule has 1 aromatic rings. The number of nitrogens with zero attached hydrogens (tertiary/aromatic N) is 1. The molecule has 3 N–H and O–H groups in total. The van der Waals surface area contributed by atoms with E-state index in [1.165, 1.54) is 25.7 Å². The lowest BCUT2D eigenvalue weighted by molar-refractivity contribution is 0.0698. The number of hydrogen-bond acceptors (Lipinski definition) is 3. The van der Waals surface area contributed by atoms with Crippen molar-refractivity contribution in [1.82, 2.24) is 0 Å². The molecule has 0 spiro atoms. The fraction of sp³-hybridized carbons (Fsp3) is 0.533. The zero-order valence-electron chi connectivity index (χ0n) is 11.4. The van der Waals surface area contributed by atoms with E-state index in [0.717, 1.165) is 24.7 Å². The highest BCUT2D eigenvalue weighted by molar-refractivity contribution is 5.94. The van der Waals surface area contributed by atoms with Gasteiger partial charge in [0.15, 0.2) is 0 Å². The Labute approximate surface area is 114 Å². The zero-order chi connectivity index (χ0) is 13.8. The molecule has 4 heteroatoms. The average molecular weight is 262 g/mol. The predicted molar refractivity (Wildman–Crippen MR) is 77.7 cm³/mol. The first-order chi connectivity index (χ1) is 9.11. The molecule has 19 heavy (non-hydrogen) atoms. The molecule has 1 fully saturated rings. The second-order valence-corrected chi connectivity index (χ2v) is 5.27. The molecule has 1 unspecified atom stereocenters. The topological polar surface area (TPSA) is 66.6 Å². The quantitative estimate of drug-likeness (QED) is 0.822. The number of anilines is 2. The van der Waals surface area contributed by atoms with Crippen LogP contribution in [0.3, 0.4) is 0 Å². The van der Waals surface area contributed by atoms with Crippen LogP contribution in [-0.2, 0) is 0 Å². The van der Waals surface area contributed by atoms with Crippen LogP contribution < -0.4 is 10.6 Å².